The van der Waals surface area contributed by atoms with Crippen LogP contribution in [0.15, 0.2) is 18.2 Å². The molecule has 3 amide bonds. The Morgan fingerprint density at radius 1 is 1.07 bits per heavy atom. The van der Waals surface area contributed by atoms with Gasteiger partial charge in [0.25, 0.3) is 5.91 Å². The zero-order valence-corrected chi connectivity index (χ0v) is 15.9. The molecule has 4 fully saturated rings. The molecular weight excluding hydrogens is 356 g/mol. The Kier molecular flexibility index (Phi) is 4.44. The summed E-state index contributed by atoms with van der Waals surface area (Å²) in [5.41, 5.74) is 2.83. The smallest absolute Gasteiger partial charge is 0.255 e. The molecule has 6 rings (SSSR count). The number of amides is 3. The maximum Gasteiger partial charge on any atom is 0.255 e. The predicted octanol–water partition coefficient (Wildman–Crippen LogP) is 0.631. The van der Waals surface area contributed by atoms with Gasteiger partial charge in [0, 0.05) is 44.2 Å². The van der Waals surface area contributed by atoms with E-state index < -0.39 is 6.04 Å². The van der Waals surface area contributed by atoms with Crippen molar-refractivity contribution in [2.45, 2.75) is 50.9 Å². The maximum absolute atomic E-state index is 13.0. The number of nitrogens with zero attached hydrogens (tertiary/aromatic N) is 2. The van der Waals surface area contributed by atoms with E-state index in [2.05, 4.69) is 21.6 Å². The van der Waals surface area contributed by atoms with Gasteiger partial charge in [0.15, 0.2) is 0 Å². The Morgan fingerprint density at radius 2 is 1.96 bits per heavy atom. The largest absolute Gasteiger partial charge is 0.322 e. The second kappa shape index (κ2) is 6.97. The zero-order valence-electron chi connectivity index (χ0n) is 15.9. The van der Waals surface area contributed by atoms with E-state index in [1.807, 2.05) is 12.1 Å². The molecule has 1 aromatic rings. The Morgan fingerprint density at radius 3 is 2.75 bits per heavy atom. The van der Waals surface area contributed by atoms with Crippen molar-refractivity contribution in [3.8, 4) is 0 Å². The summed E-state index contributed by atoms with van der Waals surface area (Å²) in [6, 6.07) is 6.18. The fraction of sp³-hybridized carbons (Fsp3) is 0.571. The lowest BCUT2D eigenvalue weighted by molar-refractivity contribution is -0.136. The van der Waals surface area contributed by atoms with E-state index in [0.717, 1.165) is 43.2 Å². The van der Waals surface area contributed by atoms with Crippen LogP contribution in [0, 0.1) is 5.92 Å². The summed E-state index contributed by atoms with van der Waals surface area (Å²) in [5, 5.41) is 5.99. The molecule has 4 saturated heterocycles. The molecule has 2 N–H and O–H groups in total. The molecule has 2 bridgehead atoms. The van der Waals surface area contributed by atoms with E-state index in [0.29, 0.717) is 24.6 Å². The molecule has 5 heterocycles. The molecule has 3 atom stereocenters. The summed E-state index contributed by atoms with van der Waals surface area (Å²) in [6.07, 6.45) is 3.25. The average molecular weight is 382 g/mol. The quantitative estimate of drug-likeness (QED) is 0.750. The number of carbonyl (C=O) groups is 3. The van der Waals surface area contributed by atoms with Gasteiger partial charge < -0.3 is 10.2 Å². The average Bonchev–Trinajstić information content (AvgIpc) is 2.82. The molecule has 28 heavy (non-hydrogen) atoms. The number of piperidine rings is 2. The maximum atomic E-state index is 13.0. The lowest BCUT2D eigenvalue weighted by atomic mass is 9.97. The van der Waals surface area contributed by atoms with Gasteiger partial charge in [-0.3, -0.25) is 24.6 Å². The van der Waals surface area contributed by atoms with Gasteiger partial charge in [-0.1, -0.05) is 12.1 Å². The highest BCUT2D eigenvalue weighted by Crippen LogP contribution is 2.29. The lowest BCUT2D eigenvalue weighted by Crippen LogP contribution is -2.52. The topological polar surface area (TPSA) is 81.8 Å². The minimum atomic E-state index is -0.548. The summed E-state index contributed by atoms with van der Waals surface area (Å²) >= 11 is 0. The normalized spacial score (nSPS) is 30.4. The fourth-order valence-corrected chi connectivity index (χ4v) is 5.12. The standard InChI is InChI=1S/C21H26N4O3/c26-19-6-5-18(20(27)23-19)25-11-15-3-1-13(7-17(15)21(25)28)9-24-10-14-2-4-16(12-24)22-8-14/h1,3,7,14,16,18,22H,2,4-6,8-12H2,(H,23,26,27). The van der Waals surface area contributed by atoms with Gasteiger partial charge in [0.1, 0.15) is 6.04 Å². The number of hydrogen-bond acceptors (Lipinski definition) is 5. The SMILES string of the molecule is O=C1CCC(N2Cc3ccc(CN4CC5CCC(C4)NC5)cc3C2=O)C(=O)N1. The van der Waals surface area contributed by atoms with Crippen molar-refractivity contribution in [2.75, 3.05) is 19.6 Å². The van der Waals surface area contributed by atoms with Crippen LogP contribution in [0.1, 0.15) is 47.2 Å². The molecule has 7 heteroatoms. The Balaban J connectivity index is 1.31. The van der Waals surface area contributed by atoms with E-state index in [1.54, 1.807) is 4.90 Å². The summed E-state index contributed by atoms with van der Waals surface area (Å²) < 4.78 is 0. The summed E-state index contributed by atoms with van der Waals surface area (Å²) in [4.78, 5) is 40.7. The molecule has 0 aliphatic carbocycles. The Hall–Kier alpha value is -2.25. The predicted molar refractivity (Wildman–Crippen MR) is 102 cm³/mol. The summed E-state index contributed by atoms with van der Waals surface area (Å²) in [6.45, 7) is 4.58. The van der Waals surface area contributed by atoms with Crippen LogP contribution in [0.4, 0.5) is 0 Å². The van der Waals surface area contributed by atoms with Gasteiger partial charge in [0.05, 0.1) is 0 Å². The molecular formula is C21H26N4O3. The van der Waals surface area contributed by atoms with Gasteiger partial charge in [-0.15, -0.1) is 0 Å². The van der Waals surface area contributed by atoms with Crippen LogP contribution >= 0.6 is 0 Å². The second-order valence-electron chi connectivity index (χ2n) is 8.63. The summed E-state index contributed by atoms with van der Waals surface area (Å²) in [7, 11) is 0. The van der Waals surface area contributed by atoms with Crippen molar-refractivity contribution in [2.24, 2.45) is 5.92 Å². The van der Waals surface area contributed by atoms with E-state index in [1.165, 1.54) is 12.8 Å². The van der Waals surface area contributed by atoms with Crippen LogP contribution in [0.2, 0.25) is 0 Å². The van der Waals surface area contributed by atoms with Crippen molar-refractivity contribution < 1.29 is 14.4 Å². The van der Waals surface area contributed by atoms with Crippen LogP contribution in [0.25, 0.3) is 0 Å². The molecule has 148 valence electrons. The minimum absolute atomic E-state index is 0.0936. The van der Waals surface area contributed by atoms with Crippen molar-refractivity contribution in [3.05, 3.63) is 34.9 Å². The van der Waals surface area contributed by atoms with Gasteiger partial charge in [0.2, 0.25) is 11.8 Å². The Bertz CT molecular complexity index is 817. The molecule has 5 aliphatic heterocycles. The minimum Gasteiger partial charge on any atom is -0.322 e. The number of fused-ring (bicyclic) bond motifs is 5. The third kappa shape index (κ3) is 3.22. The first kappa shape index (κ1) is 17.8. The van der Waals surface area contributed by atoms with Crippen molar-refractivity contribution in [3.63, 3.8) is 0 Å². The zero-order chi connectivity index (χ0) is 19.3. The van der Waals surface area contributed by atoms with E-state index >= 15 is 0 Å². The van der Waals surface area contributed by atoms with Gasteiger partial charge in [-0.05, 0) is 48.9 Å². The number of carbonyl (C=O) groups excluding carboxylic acids is 3. The van der Waals surface area contributed by atoms with E-state index in [9.17, 15) is 14.4 Å². The molecule has 0 saturated carbocycles. The van der Waals surface area contributed by atoms with Crippen LogP contribution in [0.3, 0.4) is 0 Å². The van der Waals surface area contributed by atoms with Crippen molar-refractivity contribution in [1.29, 1.82) is 0 Å². The van der Waals surface area contributed by atoms with E-state index in [-0.39, 0.29) is 24.1 Å². The first-order valence-electron chi connectivity index (χ1n) is 10.3. The number of imide groups is 1. The number of nitrogens with one attached hydrogen (secondary N) is 2. The van der Waals surface area contributed by atoms with Crippen LogP contribution in [-0.4, -0.2) is 59.2 Å². The van der Waals surface area contributed by atoms with Crippen molar-refractivity contribution in [1.82, 2.24) is 20.4 Å². The highest BCUT2D eigenvalue weighted by molar-refractivity contribution is 6.05. The highest BCUT2D eigenvalue weighted by atomic mass is 16.2. The summed E-state index contributed by atoms with van der Waals surface area (Å²) in [5.74, 6) is 0.0144. The number of benzene rings is 1. The molecule has 0 spiro atoms. The van der Waals surface area contributed by atoms with Crippen LogP contribution < -0.4 is 10.6 Å². The second-order valence-corrected chi connectivity index (χ2v) is 8.63. The lowest BCUT2D eigenvalue weighted by Gasteiger charge is -2.29. The Labute approximate surface area is 164 Å². The van der Waals surface area contributed by atoms with Crippen LogP contribution in [-0.2, 0) is 22.7 Å². The van der Waals surface area contributed by atoms with Gasteiger partial charge >= 0.3 is 0 Å². The van der Waals surface area contributed by atoms with Gasteiger partial charge in [-0.2, -0.15) is 0 Å². The fourth-order valence-electron chi connectivity index (χ4n) is 5.12. The van der Waals surface area contributed by atoms with Gasteiger partial charge in [-0.25, -0.2) is 0 Å². The first-order chi connectivity index (χ1) is 13.6. The highest BCUT2D eigenvalue weighted by Gasteiger charge is 2.39. The van der Waals surface area contributed by atoms with Crippen molar-refractivity contribution >= 4 is 17.7 Å². The third-order valence-corrected chi connectivity index (χ3v) is 6.61. The first-order valence-corrected chi connectivity index (χ1v) is 10.3. The number of hydrogen-bond donors (Lipinski definition) is 2. The van der Waals surface area contributed by atoms with Crippen LogP contribution in [0.5, 0.6) is 0 Å². The monoisotopic (exact) mass is 382 g/mol. The third-order valence-electron chi connectivity index (χ3n) is 6.61. The van der Waals surface area contributed by atoms with E-state index in [4.69, 9.17) is 0 Å². The molecule has 7 nitrogen and oxygen atoms in total. The molecule has 0 radical (unpaired) electrons. The molecule has 0 aromatic heterocycles. The molecule has 1 aromatic carbocycles. The number of rotatable bonds is 3. The molecule has 3 unspecified atom stereocenters. The molecule has 5 aliphatic rings.